The molecule has 5 rings (SSSR count). The number of ether oxygens (including phenoxy) is 9. The van der Waals surface area contributed by atoms with Gasteiger partial charge in [0.15, 0.2) is 19.2 Å². The normalized spacial score (nSPS) is 15.5. The second-order valence-electron chi connectivity index (χ2n) is 11.1. The minimum atomic E-state index is -2.13. The fourth-order valence-corrected chi connectivity index (χ4v) is 6.33. The molecule has 2 atom stereocenters. The highest BCUT2D eigenvalue weighted by atomic mass is 16.7. The second kappa shape index (κ2) is 14.6. The van der Waals surface area contributed by atoms with E-state index in [-0.39, 0.29) is 70.2 Å². The first-order valence-corrected chi connectivity index (χ1v) is 15.2. The number of ketones is 1. The summed E-state index contributed by atoms with van der Waals surface area (Å²) in [7, 11) is 10.2. The van der Waals surface area contributed by atoms with Gasteiger partial charge in [0.1, 0.15) is 46.4 Å². The van der Waals surface area contributed by atoms with Crippen LogP contribution in [-0.4, -0.2) is 79.4 Å². The first-order chi connectivity index (χ1) is 23.7. The standard InChI is InChI=1S/C37H40O12/c1-20-16-21-33(28(17-20)46-7)37(40,36(21)39)22-12-13-25(45-6)32(35(22)47-8)30-23(43-4)14-15-24(44-5)31(30)34(38)29-26(48-18-41-2)10-9-11-27(29)49-19-42-3/h9-17,34,38,40H,18-19H2,1-8H3. The number of methoxy groups -OCH3 is 7. The van der Waals surface area contributed by atoms with Crippen molar-refractivity contribution in [3.63, 3.8) is 0 Å². The summed E-state index contributed by atoms with van der Waals surface area (Å²) >= 11 is 0. The molecule has 0 aliphatic heterocycles. The maximum atomic E-state index is 13.8. The highest BCUT2D eigenvalue weighted by Crippen LogP contribution is 2.57. The van der Waals surface area contributed by atoms with Crippen LogP contribution in [-0.2, 0) is 15.1 Å². The number of benzene rings is 4. The van der Waals surface area contributed by atoms with E-state index in [0.29, 0.717) is 22.6 Å². The topological polar surface area (TPSA) is 141 Å². The average Bonchev–Trinajstić information content (AvgIpc) is 3.13. The van der Waals surface area contributed by atoms with Crippen LogP contribution in [0.15, 0.2) is 54.6 Å². The summed E-state index contributed by atoms with van der Waals surface area (Å²) in [5, 5.41) is 24.7. The number of fused-ring (bicyclic) bond motifs is 1. The van der Waals surface area contributed by atoms with E-state index in [2.05, 4.69) is 0 Å². The first kappa shape index (κ1) is 35.3. The Labute approximate surface area is 284 Å². The quantitative estimate of drug-likeness (QED) is 0.160. The molecule has 0 fully saturated rings. The van der Waals surface area contributed by atoms with Crippen molar-refractivity contribution >= 4 is 5.78 Å². The summed E-state index contributed by atoms with van der Waals surface area (Å²) in [6.07, 6.45) is -1.49. The van der Waals surface area contributed by atoms with Gasteiger partial charge in [-0.05, 0) is 61.0 Å². The van der Waals surface area contributed by atoms with Crippen LogP contribution in [0.25, 0.3) is 11.1 Å². The number of aliphatic hydroxyl groups is 2. The number of hydrogen-bond acceptors (Lipinski definition) is 12. The molecule has 0 saturated carbocycles. The number of aryl methyl sites for hydroxylation is 1. The van der Waals surface area contributed by atoms with Crippen molar-refractivity contribution in [3.8, 4) is 51.4 Å². The van der Waals surface area contributed by atoms with Crippen molar-refractivity contribution in [2.75, 3.05) is 63.4 Å². The van der Waals surface area contributed by atoms with Gasteiger partial charge < -0.3 is 52.8 Å². The molecule has 0 amide bonds. The highest BCUT2D eigenvalue weighted by Gasteiger charge is 2.56. The maximum absolute atomic E-state index is 13.8. The summed E-state index contributed by atoms with van der Waals surface area (Å²) in [6.45, 7) is 1.61. The Morgan fingerprint density at radius 3 is 1.76 bits per heavy atom. The van der Waals surface area contributed by atoms with Gasteiger partial charge in [0, 0.05) is 42.0 Å². The molecule has 0 heterocycles. The summed E-state index contributed by atoms with van der Waals surface area (Å²) in [5.41, 5.74) is 0.450. The smallest absolute Gasteiger partial charge is 0.204 e. The predicted octanol–water partition coefficient (Wildman–Crippen LogP) is 5.18. The molecule has 0 bridgehead atoms. The Hall–Kier alpha value is -5.01. The van der Waals surface area contributed by atoms with Crippen molar-refractivity contribution in [1.29, 1.82) is 0 Å². The highest BCUT2D eigenvalue weighted by molar-refractivity contribution is 6.16. The third-order valence-corrected chi connectivity index (χ3v) is 8.43. The van der Waals surface area contributed by atoms with Crippen LogP contribution in [0.3, 0.4) is 0 Å². The van der Waals surface area contributed by atoms with E-state index in [1.54, 1.807) is 54.6 Å². The molecule has 0 radical (unpaired) electrons. The van der Waals surface area contributed by atoms with Gasteiger partial charge >= 0.3 is 0 Å². The van der Waals surface area contributed by atoms with Gasteiger partial charge in [-0.15, -0.1) is 0 Å². The van der Waals surface area contributed by atoms with Crippen molar-refractivity contribution in [1.82, 2.24) is 0 Å². The summed E-state index contributed by atoms with van der Waals surface area (Å²) in [6, 6.07) is 15.0. The molecule has 4 aromatic carbocycles. The van der Waals surface area contributed by atoms with E-state index in [1.165, 1.54) is 49.8 Å². The van der Waals surface area contributed by atoms with Gasteiger partial charge in [-0.1, -0.05) is 6.07 Å². The molecule has 260 valence electrons. The molecule has 0 saturated heterocycles. The van der Waals surface area contributed by atoms with Gasteiger partial charge in [0.25, 0.3) is 0 Å². The van der Waals surface area contributed by atoms with Gasteiger partial charge in [0.2, 0.25) is 5.78 Å². The summed E-state index contributed by atoms with van der Waals surface area (Å²) in [4.78, 5) is 13.8. The van der Waals surface area contributed by atoms with Gasteiger partial charge in [-0.2, -0.15) is 0 Å². The monoisotopic (exact) mass is 676 g/mol. The minimum absolute atomic E-state index is 0.0863. The van der Waals surface area contributed by atoms with Crippen molar-refractivity contribution in [2.24, 2.45) is 0 Å². The SMILES string of the molecule is COCOc1cccc(OCOC)c1C(O)c1c(OC)ccc(OC)c1-c1c(OC)ccc(C2(O)C(=O)c3cc(C)cc(OC)c32)c1OC. The second-order valence-corrected chi connectivity index (χ2v) is 11.1. The Balaban J connectivity index is 1.85. The van der Waals surface area contributed by atoms with Crippen LogP contribution in [0, 0.1) is 6.92 Å². The fourth-order valence-electron chi connectivity index (χ4n) is 6.33. The number of hydrogen-bond donors (Lipinski definition) is 2. The predicted molar refractivity (Wildman–Crippen MR) is 179 cm³/mol. The molecule has 1 aliphatic carbocycles. The van der Waals surface area contributed by atoms with Gasteiger partial charge in [0.05, 0.1) is 46.7 Å². The lowest BCUT2D eigenvalue weighted by Gasteiger charge is -2.40. The Morgan fingerprint density at radius 1 is 0.653 bits per heavy atom. The Bertz CT molecular complexity index is 1830. The molecule has 1 aliphatic rings. The van der Waals surface area contributed by atoms with E-state index in [1.807, 2.05) is 6.92 Å². The Morgan fingerprint density at radius 2 is 1.20 bits per heavy atom. The molecule has 12 nitrogen and oxygen atoms in total. The molecule has 2 N–H and O–H groups in total. The third-order valence-electron chi connectivity index (χ3n) is 8.43. The van der Waals surface area contributed by atoms with Crippen LogP contribution in [0.2, 0.25) is 0 Å². The van der Waals surface area contributed by atoms with Crippen LogP contribution in [0.1, 0.15) is 44.3 Å². The number of carbonyl (C=O) groups is 1. The van der Waals surface area contributed by atoms with E-state index in [9.17, 15) is 15.0 Å². The zero-order valence-corrected chi connectivity index (χ0v) is 28.7. The zero-order chi connectivity index (χ0) is 35.5. The molecule has 0 spiro atoms. The lowest BCUT2D eigenvalue weighted by molar-refractivity contribution is 0.0353. The molecule has 4 aromatic rings. The first-order valence-electron chi connectivity index (χ1n) is 15.2. The number of aliphatic hydroxyl groups excluding tert-OH is 1. The lowest BCUT2D eigenvalue weighted by Crippen LogP contribution is -2.47. The molecule has 2 unspecified atom stereocenters. The lowest BCUT2D eigenvalue weighted by atomic mass is 9.66. The number of carbonyl (C=O) groups excluding carboxylic acids is 1. The van der Waals surface area contributed by atoms with Gasteiger partial charge in [-0.3, -0.25) is 4.79 Å². The van der Waals surface area contributed by atoms with E-state index >= 15 is 0 Å². The summed E-state index contributed by atoms with van der Waals surface area (Å²) < 4.78 is 51.2. The molecular formula is C37H40O12. The Kier molecular flexibility index (Phi) is 10.5. The van der Waals surface area contributed by atoms with Crippen molar-refractivity contribution in [2.45, 2.75) is 18.6 Å². The minimum Gasteiger partial charge on any atom is -0.496 e. The molecule has 0 aromatic heterocycles. The summed E-state index contributed by atoms with van der Waals surface area (Å²) in [5.74, 6) is 1.27. The number of Topliss-reactive ketones (excluding diaryl/α,β-unsaturated/α-hetero) is 1. The average molecular weight is 677 g/mol. The van der Waals surface area contributed by atoms with E-state index in [0.717, 1.165) is 5.56 Å². The maximum Gasteiger partial charge on any atom is 0.204 e. The van der Waals surface area contributed by atoms with Crippen molar-refractivity contribution < 1.29 is 57.6 Å². The van der Waals surface area contributed by atoms with Crippen LogP contribution in [0.5, 0.6) is 40.2 Å². The number of rotatable bonds is 15. The molecule has 49 heavy (non-hydrogen) atoms. The van der Waals surface area contributed by atoms with Crippen LogP contribution < -0.4 is 33.2 Å². The zero-order valence-electron chi connectivity index (χ0n) is 28.7. The van der Waals surface area contributed by atoms with E-state index in [4.69, 9.17) is 42.6 Å². The van der Waals surface area contributed by atoms with E-state index < -0.39 is 17.5 Å². The molecule has 12 heteroatoms. The third kappa shape index (κ3) is 5.86. The van der Waals surface area contributed by atoms with Crippen molar-refractivity contribution in [3.05, 3.63) is 88.0 Å². The fraction of sp³-hybridized carbons (Fsp3) is 0.324. The molecular weight excluding hydrogens is 636 g/mol. The van der Waals surface area contributed by atoms with Gasteiger partial charge in [-0.25, -0.2) is 0 Å². The van der Waals surface area contributed by atoms with Crippen LogP contribution in [0.4, 0.5) is 0 Å². The van der Waals surface area contributed by atoms with Crippen LogP contribution >= 0.6 is 0 Å². The largest absolute Gasteiger partial charge is 0.496 e.